The zero-order chi connectivity index (χ0) is 10.4. The van der Waals surface area contributed by atoms with E-state index in [4.69, 9.17) is 0 Å². The fourth-order valence-electron chi connectivity index (χ4n) is 1.02. The molecular weight excluding hydrogens is 313 g/mol. The van der Waals surface area contributed by atoms with Gasteiger partial charge in [0.15, 0.2) is 0 Å². The third-order valence-corrected chi connectivity index (χ3v) is 2.94. The van der Waals surface area contributed by atoms with Crippen LogP contribution in [0.5, 0.6) is 0 Å². The van der Waals surface area contributed by atoms with E-state index >= 15 is 0 Å². The Morgan fingerprint density at radius 1 is 1.64 bits per heavy atom. The summed E-state index contributed by atoms with van der Waals surface area (Å²) in [6.45, 7) is 2.76. The van der Waals surface area contributed by atoms with E-state index in [-0.39, 0.29) is 5.91 Å². The molecule has 14 heavy (non-hydrogen) atoms. The van der Waals surface area contributed by atoms with Crippen molar-refractivity contribution in [2.45, 2.75) is 19.8 Å². The lowest BCUT2D eigenvalue weighted by Crippen LogP contribution is -2.25. The van der Waals surface area contributed by atoms with Gasteiger partial charge in [0.05, 0.1) is 5.69 Å². The Morgan fingerprint density at radius 2 is 2.43 bits per heavy atom. The van der Waals surface area contributed by atoms with Gasteiger partial charge in [-0.25, -0.2) is 0 Å². The predicted molar refractivity (Wildman–Crippen MR) is 65.1 cm³/mol. The standard InChI is InChI=1S/C8H12IN3OS/c1-2-3-6-7(14-12-11-6)8(13)10-5-4-9/h2-5H2,1H3,(H,10,13). The molecule has 1 amide bonds. The average molecular weight is 325 g/mol. The monoisotopic (exact) mass is 325 g/mol. The molecule has 78 valence electrons. The molecule has 1 rings (SSSR count). The van der Waals surface area contributed by atoms with E-state index in [0.717, 1.165) is 23.0 Å². The number of nitrogens with zero attached hydrogens (tertiary/aromatic N) is 2. The van der Waals surface area contributed by atoms with E-state index in [1.165, 1.54) is 11.5 Å². The first-order valence-electron chi connectivity index (χ1n) is 4.45. The summed E-state index contributed by atoms with van der Waals surface area (Å²) in [6.07, 6.45) is 1.81. The molecule has 0 aliphatic heterocycles. The van der Waals surface area contributed by atoms with Crippen LogP contribution >= 0.6 is 34.1 Å². The third kappa shape index (κ3) is 3.16. The van der Waals surface area contributed by atoms with Crippen LogP contribution < -0.4 is 5.32 Å². The summed E-state index contributed by atoms with van der Waals surface area (Å²) in [4.78, 5) is 12.2. The molecule has 0 saturated carbocycles. The zero-order valence-corrected chi connectivity index (χ0v) is 10.9. The smallest absolute Gasteiger partial charge is 0.264 e. The molecule has 0 aromatic carbocycles. The second kappa shape index (κ2) is 6.28. The molecule has 6 heteroatoms. The van der Waals surface area contributed by atoms with Crippen LogP contribution in [0.15, 0.2) is 0 Å². The number of halogens is 1. The zero-order valence-electron chi connectivity index (χ0n) is 7.92. The van der Waals surface area contributed by atoms with Crippen LogP contribution in [0.1, 0.15) is 28.7 Å². The molecule has 0 fully saturated rings. The minimum absolute atomic E-state index is 0.0416. The van der Waals surface area contributed by atoms with Gasteiger partial charge in [0.2, 0.25) is 0 Å². The molecule has 0 spiro atoms. The molecule has 0 radical (unpaired) electrons. The van der Waals surface area contributed by atoms with Crippen molar-refractivity contribution < 1.29 is 4.79 Å². The van der Waals surface area contributed by atoms with Crippen molar-refractivity contribution in [1.29, 1.82) is 0 Å². The van der Waals surface area contributed by atoms with Gasteiger partial charge >= 0.3 is 0 Å². The van der Waals surface area contributed by atoms with E-state index in [2.05, 4.69) is 44.4 Å². The Morgan fingerprint density at radius 3 is 3.07 bits per heavy atom. The molecule has 1 aromatic rings. The number of hydrogen-bond donors (Lipinski definition) is 1. The summed E-state index contributed by atoms with van der Waals surface area (Å²) < 4.78 is 4.71. The number of aryl methyl sites for hydroxylation is 1. The molecule has 0 saturated heterocycles. The summed E-state index contributed by atoms with van der Waals surface area (Å²) in [5.74, 6) is -0.0416. The quantitative estimate of drug-likeness (QED) is 0.662. The number of aromatic nitrogens is 2. The number of amides is 1. The summed E-state index contributed by atoms with van der Waals surface area (Å²) in [6, 6.07) is 0. The fourth-order valence-corrected chi connectivity index (χ4v) is 1.92. The maximum atomic E-state index is 11.6. The van der Waals surface area contributed by atoms with Crippen molar-refractivity contribution in [1.82, 2.24) is 14.9 Å². The summed E-state index contributed by atoms with van der Waals surface area (Å²) in [5.41, 5.74) is 0.823. The first kappa shape index (κ1) is 11.8. The van der Waals surface area contributed by atoms with Crippen molar-refractivity contribution >= 4 is 40.0 Å². The number of carbonyl (C=O) groups is 1. The van der Waals surface area contributed by atoms with Crippen LogP contribution in [0, 0.1) is 0 Å². The van der Waals surface area contributed by atoms with Crippen LogP contribution in [-0.2, 0) is 6.42 Å². The van der Waals surface area contributed by atoms with Gasteiger partial charge in [-0.1, -0.05) is 40.4 Å². The highest BCUT2D eigenvalue weighted by Crippen LogP contribution is 2.11. The van der Waals surface area contributed by atoms with Crippen LogP contribution in [0.3, 0.4) is 0 Å². The fraction of sp³-hybridized carbons (Fsp3) is 0.625. The summed E-state index contributed by atoms with van der Waals surface area (Å²) >= 11 is 3.39. The van der Waals surface area contributed by atoms with E-state index in [1.807, 2.05) is 0 Å². The largest absolute Gasteiger partial charge is 0.350 e. The van der Waals surface area contributed by atoms with Crippen LogP contribution in [0.2, 0.25) is 0 Å². The van der Waals surface area contributed by atoms with Gasteiger partial charge in [-0.05, 0) is 18.0 Å². The van der Waals surface area contributed by atoms with Gasteiger partial charge in [-0.3, -0.25) is 4.79 Å². The topological polar surface area (TPSA) is 54.9 Å². The molecule has 1 heterocycles. The Bertz CT molecular complexity index is 303. The van der Waals surface area contributed by atoms with E-state index in [0.29, 0.717) is 11.4 Å². The van der Waals surface area contributed by atoms with Crippen molar-refractivity contribution in [2.75, 3.05) is 11.0 Å². The molecule has 0 aliphatic carbocycles. The Labute approximate surface area is 101 Å². The van der Waals surface area contributed by atoms with Crippen LogP contribution in [0.25, 0.3) is 0 Å². The highest BCUT2D eigenvalue weighted by molar-refractivity contribution is 14.1. The second-order valence-corrected chi connectivity index (χ2v) is 4.58. The molecule has 4 nitrogen and oxygen atoms in total. The lowest BCUT2D eigenvalue weighted by atomic mass is 10.2. The van der Waals surface area contributed by atoms with Crippen molar-refractivity contribution in [3.8, 4) is 0 Å². The number of hydrogen-bond acceptors (Lipinski definition) is 4. The van der Waals surface area contributed by atoms with E-state index < -0.39 is 0 Å². The first-order valence-corrected chi connectivity index (χ1v) is 6.74. The normalized spacial score (nSPS) is 10.1. The molecule has 0 aliphatic rings. The van der Waals surface area contributed by atoms with Gasteiger partial charge in [0, 0.05) is 11.0 Å². The third-order valence-electron chi connectivity index (χ3n) is 1.63. The van der Waals surface area contributed by atoms with Crippen LogP contribution in [0.4, 0.5) is 0 Å². The number of alkyl halides is 1. The van der Waals surface area contributed by atoms with Gasteiger partial charge in [-0.15, -0.1) is 5.10 Å². The predicted octanol–water partition coefficient (Wildman–Crippen LogP) is 1.66. The molecular formula is C8H12IN3OS. The van der Waals surface area contributed by atoms with Gasteiger partial charge in [-0.2, -0.15) is 0 Å². The van der Waals surface area contributed by atoms with Gasteiger partial charge in [0.1, 0.15) is 4.88 Å². The minimum atomic E-state index is -0.0416. The molecule has 0 bridgehead atoms. The minimum Gasteiger partial charge on any atom is -0.350 e. The Kier molecular flexibility index (Phi) is 5.31. The second-order valence-electron chi connectivity index (χ2n) is 2.74. The maximum Gasteiger partial charge on any atom is 0.264 e. The van der Waals surface area contributed by atoms with Crippen molar-refractivity contribution in [3.05, 3.63) is 10.6 Å². The van der Waals surface area contributed by atoms with Crippen molar-refractivity contribution in [2.24, 2.45) is 0 Å². The van der Waals surface area contributed by atoms with Crippen LogP contribution in [-0.4, -0.2) is 26.5 Å². The van der Waals surface area contributed by atoms with Crippen molar-refractivity contribution in [3.63, 3.8) is 0 Å². The van der Waals surface area contributed by atoms with E-state index in [9.17, 15) is 4.79 Å². The molecule has 0 atom stereocenters. The average Bonchev–Trinajstić information content (AvgIpc) is 2.63. The van der Waals surface area contributed by atoms with E-state index in [1.54, 1.807) is 0 Å². The first-order chi connectivity index (χ1) is 6.79. The van der Waals surface area contributed by atoms with Gasteiger partial charge in [0.25, 0.3) is 5.91 Å². The number of rotatable bonds is 5. The summed E-state index contributed by atoms with van der Waals surface area (Å²) in [5, 5.41) is 6.76. The maximum absolute atomic E-state index is 11.6. The lowest BCUT2D eigenvalue weighted by molar-refractivity contribution is 0.0959. The number of carbonyl (C=O) groups excluding carboxylic acids is 1. The highest BCUT2D eigenvalue weighted by Gasteiger charge is 2.14. The molecule has 1 aromatic heterocycles. The van der Waals surface area contributed by atoms with Gasteiger partial charge < -0.3 is 5.32 Å². The number of nitrogens with one attached hydrogen (secondary N) is 1. The highest BCUT2D eigenvalue weighted by atomic mass is 127. The summed E-state index contributed by atoms with van der Waals surface area (Å²) in [7, 11) is 0. The Hall–Kier alpha value is -0.240. The Balaban J connectivity index is 2.63. The molecule has 1 N–H and O–H groups in total. The molecule has 0 unspecified atom stereocenters. The SMILES string of the molecule is CCCc1nnsc1C(=O)NCCI. The lowest BCUT2D eigenvalue weighted by Gasteiger charge is -2.00.